The Hall–Kier alpha value is -1.89. The molecular formula is C14H16N4O2S. The van der Waals surface area contributed by atoms with Crippen LogP contribution in [0.3, 0.4) is 0 Å². The Morgan fingerprint density at radius 2 is 2.29 bits per heavy atom. The lowest BCUT2D eigenvalue weighted by atomic mass is 10.1. The van der Waals surface area contributed by atoms with E-state index in [-0.39, 0.29) is 5.78 Å². The molecule has 6 nitrogen and oxygen atoms in total. The topological polar surface area (TPSA) is 69.9 Å². The maximum atomic E-state index is 12.3. The van der Waals surface area contributed by atoms with Crippen molar-refractivity contribution >= 4 is 17.5 Å². The van der Waals surface area contributed by atoms with Gasteiger partial charge in [0, 0.05) is 0 Å². The zero-order valence-electron chi connectivity index (χ0n) is 11.9. The summed E-state index contributed by atoms with van der Waals surface area (Å²) >= 11 is 1.37. The number of aryl methyl sites for hydroxylation is 1. The van der Waals surface area contributed by atoms with Crippen LogP contribution in [0.1, 0.15) is 34.8 Å². The molecule has 1 aromatic carbocycles. The zero-order valence-corrected chi connectivity index (χ0v) is 12.8. The number of methoxy groups -OCH3 is 1. The summed E-state index contributed by atoms with van der Waals surface area (Å²) in [5.41, 5.74) is 1.66. The molecule has 0 radical (unpaired) electrons. The van der Waals surface area contributed by atoms with E-state index in [2.05, 4.69) is 15.5 Å². The lowest BCUT2D eigenvalue weighted by molar-refractivity contribution is 0.101. The first kappa shape index (κ1) is 14.1. The first-order valence-corrected chi connectivity index (χ1v) is 7.76. The van der Waals surface area contributed by atoms with E-state index in [1.54, 1.807) is 13.2 Å². The molecule has 0 bridgehead atoms. The van der Waals surface area contributed by atoms with Gasteiger partial charge in [0.1, 0.15) is 5.75 Å². The molecule has 1 aromatic heterocycles. The standard InChI is InChI=1S/C14H16N4O2S/c1-9-3-6-11(13(7-9)20-2)12(19)8-21-14-15-16-17-18(14)10-4-5-10/h3,6-7,10H,4-5,8H2,1-2H3. The number of hydrogen-bond donors (Lipinski definition) is 0. The van der Waals surface area contributed by atoms with E-state index >= 15 is 0 Å². The number of ether oxygens (including phenoxy) is 1. The van der Waals surface area contributed by atoms with Crippen LogP contribution in [0.2, 0.25) is 0 Å². The van der Waals surface area contributed by atoms with E-state index in [0.717, 1.165) is 18.4 Å². The van der Waals surface area contributed by atoms with Gasteiger partial charge >= 0.3 is 0 Å². The van der Waals surface area contributed by atoms with Gasteiger partial charge in [0.15, 0.2) is 5.78 Å². The fourth-order valence-electron chi connectivity index (χ4n) is 2.07. The minimum Gasteiger partial charge on any atom is -0.496 e. The molecule has 0 amide bonds. The number of ketones is 1. The van der Waals surface area contributed by atoms with Crippen molar-refractivity contribution in [1.29, 1.82) is 0 Å². The number of carbonyl (C=O) groups is 1. The summed E-state index contributed by atoms with van der Waals surface area (Å²) in [6.07, 6.45) is 2.22. The number of hydrogen-bond acceptors (Lipinski definition) is 6. The second-order valence-corrected chi connectivity index (χ2v) is 6.00. The van der Waals surface area contributed by atoms with Gasteiger partial charge in [-0.1, -0.05) is 17.8 Å². The molecule has 0 saturated heterocycles. The van der Waals surface area contributed by atoms with Gasteiger partial charge in [-0.2, -0.15) is 0 Å². The number of tetrazole rings is 1. The van der Waals surface area contributed by atoms with Crippen molar-refractivity contribution in [3.63, 3.8) is 0 Å². The molecule has 21 heavy (non-hydrogen) atoms. The van der Waals surface area contributed by atoms with Crippen LogP contribution in [-0.2, 0) is 0 Å². The van der Waals surface area contributed by atoms with E-state index in [0.29, 0.717) is 28.3 Å². The number of carbonyl (C=O) groups excluding carboxylic acids is 1. The lowest BCUT2D eigenvalue weighted by Crippen LogP contribution is -2.07. The number of rotatable bonds is 6. The largest absolute Gasteiger partial charge is 0.496 e. The highest BCUT2D eigenvalue weighted by Gasteiger charge is 2.28. The highest BCUT2D eigenvalue weighted by atomic mass is 32.2. The van der Waals surface area contributed by atoms with Crippen LogP contribution in [-0.4, -0.2) is 38.9 Å². The highest BCUT2D eigenvalue weighted by Crippen LogP contribution is 2.36. The normalized spacial score (nSPS) is 14.2. The summed E-state index contributed by atoms with van der Waals surface area (Å²) < 4.78 is 7.09. The van der Waals surface area contributed by atoms with Gasteiger partial charge in [-0.05, 0) is 47.9 Å². The highest BCUT2D eigenvalue weighted by molar-refractivity contribution is 7.99. The van der Waals surface area contributed by atoms with Gasteiger partial charge in [0.2, 0.25) is 5.16 Å². The van der Waals surface area contributed by atoms with Crippen molar-refractivity contribution in [3.8, 4) is 5.75 Å². The van der Waals surface area contributed by atoms with Crippen LogP contribution in [0.25, 0.3) is 0 Å². The number of thioether (sulfide) groups is 1. The predicted molar refractivity (Wildman–Crippen MR) is 78.9 cm³/mol. The van der Waals surface area contributed by atoms with Gasteiger partial charge in [0.05, 0.1) is 24.5 Å². The van der Waals surface area contributed by atoms with Crippen molar-refractivity contribution in [2.45, 2.75) is 31.0 Å². The van der Waals surface area contributed by atoms with Crippen LogP contribution >= 0.6 is 11.8 Å². The molecular weight excluding hydrogens is 288 g/mol. The fraction of sp³-hybridized carbons (Fsp3) is 0.429. The second kappa shape index (κ2) is 5.85. The van der Waals surface area contributed by atoms with Gasteiger partial charge < -0.3 is 4.74 Å². The third-order valence-corrected chi connectivity index (χ3v) is 4.28. The number of aromatic nitrogens is 4. The van der Waals surface area contributed by atoms with Crippen molar-refractivity contribution in [1.82, 2.24) is 20.2 Å². The lowest BCUT2D eigenvalue weighted by Gasteiger charge is -2.08. The molecule has 0 spiro atoms. The molecule has 1 fully saturated rings. The van der Waals surface area contributed by atoms with Gasteiger partial charge in [-0.3, -0.25) is 4.79 Å². The molecule has 1 saturated carbocycles. The van der Waals surface area contributed by atoms with E-state index in [1.165, 1.54) is 11.8 Å². The molecule has 1 heterocycles. The van der Waals surface area contributed by atoms with Crippen molar-refractivity contribution in [3.05, 3.63) is 29.3 Å². The van der Waals surface area contributed by atoms with Crippen LogP contribution in [0.4, 0.5) is 0 Å². The zero-order chi connectivity index (χ0) is 14.8. The smallest absolute Gasteiger partial charge is 0.210 e. The summed E-state index contributed by atoms with van der Waals surface area (Å²) in [5, 5.41) is 12.3. The monoisotopic (exact) mass is 304 g/mol. The second-order valence-electron chi connectivity index (χ2n) is 5.05. The summed E-state index contributed by atoms with van der Waals surface area (Å²) in [6, 6.07) is 5.99. The molecule has 1 aliphatic rings. The van der Waals surface area contributed by atoms with Gasteiger partial charge in [-0.25, -0.2) is 4.68 Å². The molecule has 0 aliphatic heterocycles. The van der Waals surface area contributed by atoms with Crippen molar-refractivity contribution in [2.75, 3.05) is 12.9 Å². The first-order chi connectivity index (χ1) is 10.2. The maximum absolute atomic E-state index is 12.3. The Bertz CT molecular complexity index is 667. The Balaban J connectivity index is 1.70. The first-order valence-electron chi connectivity index (χ1n) is 6.77. The van der Waals surface area contributed by atoms with Crippen LogP contribution in [0.5, 0.6) is 5.75 Å². The van der Waals surface area contributed by atoms with E-state index in [9.17, 15) is 4.79 Å². The summed E-state index contributed by atoms with van der Waals surface area (Å²) in [6.45, 7) is 1.97. The Labute approximate surface area is 126 Å². The molecule has 1 aliphatic carbocycles. The number of Topliss-reactive ketones (excluding diaryl/α,β-unsaturated/α-hetero) is 1. The predicted octanol–water partition coefficient (Wildman–Crippen LogP) is 2.30. The summed E-state index contributed by atoms with van der Waals surface area (Å²) in [4.78, 5) is 12.3. The fourth-order valence-corrected chi connectivity index (χ4v) is 2.89. The van der Waals surface area contributed by atoms with Crippen LogP contribution in [0.15, 0.2) is 23.4 Å². The Kier molecular flexibility index (Phi) is 3.92. The molecule has 0 unspecified atom stereocenters. The van der Waals surface area contributed by atoms with Crippen molar-refractivity contribution in [2.24, 2.45) is 0 Å². The quantitative estimate of drug-likeness (QED) is 0.602. The van der Waals surface area contributed by atoms with Crippen molar-refractivity contribution < 1.29 is 9.53 Å². The number of nitrogens with zero attached hydrogens (tertiary/aromatic N) is 4. The molecule has 0 N–H and O–H groups in total. The minimum atomic E-state index is 0.0159. The summed E-state index contributed by atoms with van der Waals surface area (Å²) in [7, 11) is 1.58. The average Bonchev–Trinajstić information content (AvgIpc) is 3.23. The molecule has 110 valence electrons. The molecule has 7 heteroatoms. The Morgan fingerprint density at radius 1 is 1.48 bits per heavy atom. The molecule has 2 aromatic rings. The van der Waals surface area contributed by atoms with Crippen LogP contribution < -0.4 is 4.74 Å². The SMILES string of the molecule is COc1cc(C)ccc1C(=O)CSc1nnnn1C1CC1. The van der Waals surface area contributed by atoms with Gasteiger partial charge in [0.25, 0.3) is 0 Å². The van der Waals surface area contributed by atoms with E-state index < -0.39 is 0 Å². The van der Waals surface area contributed by atoms with Gasteiger partial charge in [-0.15, -0.1) is 5.10 Å². The van der Waals surface area contributed by atoms with Crippen LogP contribution in [0, 0.1) is 6.92 Å². The number of benzene rings is 1. The molecule has 3 rings (SSSR count). The Morgan fingerprint density at radius 3 is 3.00 bits per heavy atom. The minimum absolute atomic E-state index is 0.0159. The molecule has 0 atom stereocenters. The van der Waals surface area contributed by atoms with E-state index in [4.69, 9.17) is 4.74 Å². The third-order valence-electron chi connectivity index (χ3n) is 3.35. The summed E-state index contributed by atoms with van der Waals surface area (Å²) in [5.74, 6) is 0.927. The van der Waals surface area contributed by atoms with E-state index in [1.807, 2.05) is 23.7 Å². The maximum Gasteiger partial charge on any atom is 0.210 e. The average molecular weight is 304 g/mol. The third kappa shape index (κ3) is 3.07.